The zero-order chi connectivity index (χ0) is 6.95. The molecule has 2 heteroatoms. The number of hydrogen-bond donors (Lipinski definition) is 1. The summed E-state index contributed by atoms with van der Waals surface area (Å²) >= 11 is 1.92. The molecule has 0 atom stereocenters. The van der Waals surface area contributed by atoms with Crippen molar-refractivity contribution in [3.8, 4) is 0 Å². The van der Waals surface area contributed by atoms with E-state index in [1.165, 1.54) is 31.7 Å². The van der Waals surface area contributed by atoms with Gasteiger partial charge in [0.2, 0.25) is 0 Å². The van der Waals surface area contributed by atoms with Crippen molar-refractivity contribution < 1.29 is 0 Å². The van der Waals surface area contributed by atoms with E-state index in [4.69, 9.17) is 0 Å². The smallest absolute Gasteiger partial charge is 0.00411 e. The second-order valence-corrected chi connectivity index (χ2v) is 3.08. The minimum atomic E-state index is 1.17. The summed E-state index contributed by atoms with van der Waals surface area (Å²) in [6.45, 7) is 4.56. The van der Waals surface area contributed by atoms with E-state index in [0.29, 0.717) is 0 Å². The van der Waals surface area contributed by atoms with Gasteiger partial charge in [-0.15, -0.1) is 0 Å². The molecule has 0 rings (SSSR count). The summed E-state index contributed by atoms with van der Waals surface area (Å²) in [5.74, 6) is 1.29. The molecule has 0 radical (unpaired) electrons. The molecule has 0 saturated carbocycles. The Balaban J connectivity index is 2.60. The van der Waals surface area contributed by atoms with Crippen LogP contribution < -0.4 is 5.32 Å². The molecule has 56 valence electrons. The van der Waals surface area contributed by atoms with Gasteiger partial charge in [-0.25, -0.2) is 0 Å². The van der Waals surface area contributed by atoms with E-state index in [2.05, 4.69) is 18.5 Å². The van der Waals surface area contributed by atoms with E-state index >= 15 is 0 Å². The highest BCUT2D eigenvalue weighted by Crippen LogP contribution is 1.92. The Labute approximate surface area is 62.6 Å². The number of thioether (sulfide) groups is 1. The van der Waals surface area contributed by atoms with Crippen molar-refractivity contribution in [2.75, 3.05) is 25.1 Å². The van der Waals surface area contributed by atoms with Gasteiger partial charge in [0.15, 0.2) is 0 Å². The van der Waals surface area contributed by atoms with Crippen LogP contribution >= 0.6 is 11.8 Å². The lowest BCUT2D eigenvalue weighted by Crippen LogP contribution is -2.16. The van der Waals surface area contributed by atoms with Crippen LogP contribution in [0.25, 0.3) is 0 Å². The molecule has 0 aliphatic heterocycles. The van der Waals surface area contributed by atoms with Gasteiger partial charge in [0.05, 0.1) is 0 Å². The highest BCUT2D eigenvalue weighted by atomic mass is 32.2. The molecule has 0 amide bonds. The predicted molar refractivity (Wildman–Crippen MR) is 46.2 cm³/mol. The summed E-state index contributed by atoms with van der Waals surface area (Å²) in [6.07, 6.45) is 4.71. The summed E-state index contributed by atoms with van der Waals surface area (Å²) < 4.78 is 0. The lowest BCUT2D eigenvalue weighted by molar-refractivity contribution is 0.665. The Morgan fingerprint density at radius 3 is 2.67 bits per heavy atom. The molecule has 0 aliphatic carbocycles. The molecule has 9 heavy (non-hydrogen) atoms. The lowest BCUT2D eigenvalue weighted by atomic mass is 10.4. The fourth-order valence-corrected chi connectivity index (χ4v) is 1.08. The van der Waals surface area contributed by atoms with Crippen LogP contribution in [-0.4, -0.2) is 25.1 Å². The quantitative estimate of drug-likeness (QED) is 0.574. The maximum absolute atomic E-state index is 3.36. The third kappa shape index (κ3) is 8.31. The molecule has 0 saturated heterocycles. The van der Waals surface area contributed by atoms with E-state index < -0.39 is 0 Å². The average Bonchev–Trinajstić information content (AvgIpc) is 1.89. The SMILES string of the molecule is CCCNCCCSC. The van der Waals surface area contributed by atoms with Gasteiger partial charge in [0, 0.05) is 0 Å². The van der Waals surface area contributed by atoms with Gasteiger partial charge in [-0.05, 0) is 37.9 Å². The van der Waals surface area contributed by atoms with Gasteiger partial charge in [-0.3, -0.25) is 0 Å². The highest BCUT2D eigenvalue weighted by Gasteiger charge is 1.83. The summed E-state index contributed by atoms with van der Waals surface area (Å²) in [5.41, 5.74) is 0. The Hall–Kier alpha value is 0.310. The standard InChI is InChI=1S/C7H17NS/c1-3-5-8-6-4-7-9-2/h8H,3-7H2,1-2H3. The molecule has 1 N–H and O–H groups in total. The molecule has 0 bridgehead atoms. The lowest BCUT2D eigenvalue weighted by Gasteiger charge is -1.99. The molecule has 0 heterocycles. The van der Waals surface area contributed by atoms with Crippen LogP contribution in [0.15, 0.2) is 0 Å². The van der Waals surface area contributed by atoms with Gasteiger partial charge >= 0.3 is 0 Å². The van der Waals surface area contributed by atoms with Gasteiger partial charge in [-0.1, -0.05) is 6.92 Å². The first kappa shape index (κ1) is 9.31. The predicted octanol–water partition coefficient (Wildman–Crippen LogP) is 1.74. The summed E-state index contributed by atoms with van der Waals surface area (Å²) in [5, 5.41) is 3.36. The second-order valence-electron chi connectivity index (χ2n) is 2.10. The molecule has 1 nitrogen and oxygen atoms in total. The summed E-state index contributed by atoms with van der Waals surface area (Å²) in [7, 11) is 0. The first-order valence-electron chi connectivity index (χ1n) is 3.61. The normalized spacial score (nSPS) is 10.0. The topological polar surface area (TPSA) is 12.0 Å². The van der Waals surface area contributed by atoms with Crippen LogP contribution in [0.2, 0.25) is 0 Å². The third-order valence-corrected chi connectivity index (χ3v) is 1.83. The molecule has 0 aromatic carbocycles. The van der Waals surface area contributed by atoms with Crippen molar-refractivity contribution in [2.24, 2.45) is 0 Å². The molecular formula is C7H17NS. The Morgan fingerprint density at radius 2 is 2.11 bits per heavy atom. The van der Waals surface area contributed by atoms with E-state index in [0.717, 1.165) is 0 Å². The number of nitrogens with one attached hydrogen (secondary N) is 1. The van der Waals surface area contributed by atoms with E-state index in [9.17, 15) is 0 Å². The first-order chi connectivity index (χ1) is 4.41. The van der Waals surface area contributed by atoms with Crippen LogP contribution in [0.4, 0.5) is 0 Å². The highest BCUT2D eigenvalue weighted by molar-refractivity contribution is 7.98. The van der Waals surface area contributed by atoms with Crippen molar-refractivity contribution >= 4 is 11.8 Å². The molecule has 0 spiro atoms. The maximum atomic E-state index is 3.36. The van der Waals surface area contributed by atoms with Crippen molar-refractivity contribution in [1.82, 2.24) is 5.32 Å². The summed E-state index contributed by atoms with van der Waals surface area (Å²) in [6, 6.07) is 0. The zero-order valence-corrected chi connectivity index (χ0v) is 7.26. The Kier molecular flexibility index (Phi) is 8.60. The Morgan fingerprint density at radius 1 is 1.33 bits per heavy atom. The minimum absolute atomic E-state index is 1.17. The maximum Gasteiger partial charge on any atom is -0.00411 e. The fourth-order valence-electron chi connectivity index (χ4n) is 0.643. The number of rotatable bonds is 6. The van der Waals surface area contributed by atoms with Crippen molar-refractivity contribution in [1.29, 1.82) is 0 Å². The molecule has 0 unspecified atom stereocenters. The van der Waals surface area contributed by atoms with Gasteiger partial charge in [0.1, 0.15) is 0 Å². The van der Waals surface area contributed by atoms with E-state index in [1.54, 1.807) is 0 Å². The molecular weight excluding hydrogens is 130 g/mol. The molecule has 0 aliphatic rings. The van der Waals surface area contributed by atoms with E-state index in [1.807, 2.05) is 11.8 Å². The van der Waals surface area contributed by atoms with Crippen LogP contribution in [-0.2, 0) is 0 Å². The first-order valence-corrected chi connectivity index (χ1v) is 5.00. The van der Waals surface area contributed by atoms with Crippen molar-refractivity contribution in [3.05, 3.63) is 0 Å². The number of hydrogen-bond acceptors (Lipinski definition) is 2. The van der Waals surface area contributed by atoms with Crippen LogP contribution in [0.5, 0.6) is 0 Å². The van der Waals surface area contributed by atoms with Crippen molar-refractivity contribution in [2.45, 2.75) is 19.8 Å². The average molecular weight is 147 g/mol. The van der Waals surface area contributed by atoms with Crippen molar-refractivity contribution in [3.63, 3.8) is 0 Å². The summed E-state index contributed by atoms with van der Waals surface area (Å²) in [4.78, 5) is 0. The van der Waals surface area contributed by atoms with Gasteiger partial charge < -0.3 is 5.32 Å². The van der Waals surface area contributed by atoms with Crippen LogP contribution in [0.1, 0.15) is 19.8 Å². The second kappa shape index (κ2) is 8.31. The zero-order valence-electron chi connectivity index (χ0n) is 6.44. The van der Waals surface area contributed by atoms with Gasteiger partial charge in [-0.2, -0.15) is 11.8 Å². The molecule has 0 fully saturated rings. The molecule has 0 aromatic heterocycles. The third-order valence-electron chi connectivity index (χ3n) is 1.13. The van der Waals surface area contributed by atoms with E-state index in [-0.39, 0.29) is 0 Å². The molecule has 0 aromatic rings. The van der Waals surface area contributed by atoms with Gasteiger partial charge in [0.25, 0.3) is 0 Å². The monoisotopic (exact) mass is 147 g/mol. The fraction of sp³-hybridized carbons (Fsp3) is 1.00. The minimum Gasteiger partial charge on any atom is -0.317 e. The van der Waals surface area contributed by atoms with Crippen LogP contribution in [0, 0.1) is 0 Å². The van der Waals surface area contributed by atoms with Crippen LogP contribution in [0.3, 0.4) is 0 Å². The Bertz CT molecular complexity index is 42.2. The largest absolute Gasteiger partial charge is 0.317 e.